The molecule has 0 saturated heterocycles. The summed E-state index contributed by atoms with van der Waals surface area (Å²) in [6.45, 7) is 2.43. The zero-order chi connectivity index (χ0) is 13.7. The van der Waals surface area contributed by atoms with Gasteiger partial charge in [0.1, 0.15) is 11.6 Å². The molecule has 5 nitrogen and oxygen atoms in total. The molecule has 0 aliphatic carbocycles. The molecule has 0 fully saturated rings. The van der Waals surface area contributed by atoms with Crippen LogP contribution in [0.5, 0.6) is 5.75 Å². The second-order valence-corrected chi connectivity index (χ2v) is 3.86. The lowest BCUT2D eigenvalue weighted by atomic mass is 10.2. The third-order valence-electron chi connectivity index (χ3n) is 2.48. The fourth-order valence-electron chi connectivity index (χ4n) is 1.59. The molecule has 0 saturated carbocycles. The van der Waals surface area contributed by atoms with E-state index in [-0.39, 0.29) is 5.91 Å². The van der Waals surface area contributed by atoms with E-state index in [9.17, 15) is 4.79 Å². The van der Waals surface area contributed by atoms with Crippen molar-refractivity contribution in [3.8, 4) is 5.75 Å². The molecule has 0 unspecified atom stereocenters. The van der Waals surface area contributed by atoms with Crippen LogP contribution in [0.1, 0.15) is 17.3 Å². The Kier molecular flexibility index (Phi) is 3.97. The summed E-state index contributed by atoms with van der Waals surface area (Å²) in [6, 6.07) is 10.5. The van der Waals surface area contributed by atoms with Gasteiger partial charge in [0.05, 0.1) is 17.9 Å². The molecule has 0 bridgehead atoms. The number of hydrogen-bond donors (Lipinski definition) is 2. The topological polar surface area (TPSA) is 77.2 Å². The SMILES string of the molecule is CCOc1ccccc1NC(=O)c1ccc(N)nc1. The van der Waals surface area contributed by atoms with E-state index in [0.29, 0.717) is 29.4 Å². The lowest BCUT2D eigenvalue weighted by molar-refractivity contribution is 0.102. The van der Waals surface area contributed by atoms with Crippen molar-refractivity contribution >= 4 is 17.4 Å². The van der Waals surface area contributed by atoms with E-state index in [1.165, 1.54) is 6.20 Å². The number of pyridine rings is 1. The van der Waals surface area contributed by atoms with Crippen molar-refractivity contribution in [2.45, 2.75) is 6.92 Å². The average molecular weight is 257 g/mol. The number of anilines is 2. The normalized spacial score (nSPS) is 9.95. The number of nitrogens with one attached hydrogen (secondary N) is 1. The fraction of sp³-hybridized carbons (Fsp3) is 0.143. The minimum Gasteiger partial charge on any atom is -0.492 e. The van der Waals surface area contributed by atoms with Crippen LogP contribution >= 0.6 is 0 Å². The minimum atomic E-state index is -0.250. The third-order valence-corrected chi connectivity index (χ3v) is 2.48. The maximum atomic E-state index is 12.0. The number of carbonyl (C=O) groups is 1. The molecule has 3 N–H and O–H groups in total. The summed E-state index contributed by atoms with van der Waals surface area (Å²) in [4.78, 5) is 15.9. The van der Waals surface area contributed by atoms with Gasteiger partial charge in [-0.1, -0.05) is 12.1 Å². The Labute approximate surface area is 111 Å². The lowest BCUT2D eigenvalue weighted by Gasteiger charge is -2.11. The summed E-state index contributed by atoms with van der Waals surface area (Å²) >= 11 is 0. The predicted octanol–water partition coefficient (Wildman–Crippen LogP) is 2.31. The largest absolute Gasteiger partial charge is 0.492 e. The average Bonchev–Trinajstić information content (AvgIpc) is 2.42. The molecule has 0 radical (unpaired) electrons. The maximum absolute atomic E-state index is 12.0. The van der Waals surface area contributed by atoms with E-state index in [1.807, 2.05) is 19.1 Å². The second kappa shape index (κ2) is 5.86. The Bertz CT molecular complexity index is 567. The molecule has 0 spiro atoms. The Balaban J connectivity index is 2.16. The number of ether oxygens (including phenoxy) is 1. The summed E-state index contributed by atoms with van der Waals surface area (Å²) in [7, 11) is 0. The molecule has 98 valence electrons. The van der Waals surface area contributed by atoms with E-state index >= 15 is 0 Å². The highest BCUT2D eigenvalue weighted by Crippen LogP contribution is 2.24. The van der Waals surface area contributed by atoms with Crippen LogP contribution < -0.4 is 15.8 Å². The third kappa shape index (κ3) is 3.22. The summed E-state index contributed by atoms with van der Waals surface area (Å²) in [6.07, 6.45) is 1.44. The molecular weight excluding hydrogens is 242 g/mol. The van der Waals surface area contributed by atoms with Gasteiger partial charge in [-0.15, -0.1) is 0 Å². The van der Waals surface area contributed by atoms with E-state index in [0.717, 1.165) is 0 Å². The molecule has 1 aromatic carbocycles. The number of aromatic nitrogens is 1. The van der Waals surface area contributed by atoms with E-state index in [2.05, 4.69) is 10.3 Å². The van der Waals surface area contributed by atoms with Crippen LogP contribution in [0.15, 0.2) is 42.6 Å². The monoisotopic (exact) mass is 257 g/mol. The number of benzene rings is 1. The van der Waals surface area contributed by atoms with Crippen molar-refractivity contribution in [2.24, 2.45) is 0 Å². The van der Waals surface area contributed by atoms with Crippen LogP contribution in [-0.2, 0) is 0 Å². The first-order chi connectivity index (χ1) is 9.20. The molecule has 19 heavy (non-hydrogen) atoms. The van der Waals surface area contributed by atoms with Gasteiger partial charge in [0.25, 0.3) is 5.91 Å². The van der Waals surface area contributed by atoms with E-state index < -0.39 is 0 Å². The van der Waals surface area contributed by atoms with E-state index in [1.54, 1.807) is 24.3 Å². The second-order valence-electron chi connectivity index (χ2n) is 3.86. The molecule has 0 atom stereocenters. The number of nitrogen functional groups attached to an aromatic ring is 1. The van der Waals surface area contributed by atoms with Gasteiger partial charge in [-0.2, -0.15) is 0 Å². The van der Waals surface area contributed by atoms with Crippen LogP contribution in [0.2, 0.25) is 0 Å². The van der Waals surface area contributed by atoms with Crippen LogP contribution in [0.25, 0.3) is 0 Å². The summed E-state index contributed by atoms with van der Waals surface area (Å²) < 4.78 is 5.44. The van der Waals surface area contributed by atoms with Crippen molar-refractivity contribution in [1.29, 1.82) is 0 Å². The van der Waals surface area contributed by atoms with Gasteiger partial charge in [0.2, 0.25) is 0 Å². The van der Waals surface area contributed by atoms with Gasteiger partial charge < -0.3 is 15.8 Å². The predicted molar refractivity (Wildman–Crippen MR) is 74.2 cm³/mol. The highest BCUT2D eigenvalue weighted by atomic mass is 16.5. The zero-order valence-electron chi connectivity index (χ0n) is 10.6. The van der Waals surface area contributed by atoms with Crippen molar-refractivity contribution in [3.63, 3.8) is 0 Å². The van der Waals surface area contributed by atoms with Crippen molar-refractivity contribution in [1.82, 2.24) is 4.98 Å². The summed E-state index contributed by atoms with van der Waals surface area (Å²) in [5.74, 6) is 0.771. The molecule has 1 amide bonds. The van der Waals surface area contributed by atoms with Crippen molar-refractivity contribution in [2.75, 3.05) is 17.7 Å². The Morgan fingerprint density at radius 2 is 2.11 bits per heavy atom. The Hall–Kier alpha value is -2.56. The van der Waals surface area contributed by atoms with Gasteiger partial charge in [-0.3, -0.25) is 4.79 Å². The number of para-hydroxylation sites is 2. The molecule has 0 aliphatic rings. The van der Waals surface area contributed by atoms with Gasteiger partial charge in [-0.25, -0.2) is 4.98 Å². The number of rotatable bonds is 4. The number of hydrogen-bond acceptors (Lipinski definition) is 4. The number of nitrogens with zero attached hydrogens (tertiary/aromatic N) is 1. The standard InChI is InChI=1S/C14H15N3O2/c1-2-19-12-6-4-3-5-11(12)17-14(18)10-7-8-13(15)16-9-10/h3-9H,2H2,1H3,(H2,15,16)(H,17,18). The molecule has 1 heterocycles. The molecule has 2 aromatic rings. The first-order valence-corrected chi connectivity index (χ1v) is 5.95. The fourth-order valence-corrected chi connectivity index (χ4v) is 1.59. The molecular formula is C14H15N3O2. The molecule has 2 rings (SSSR count). The smallest absolute Gasteiger partial charge is 0.257 e. The van der Waals surface area contributed by atoms with Crippen LogP contribution in [0.3, 0.4) is 0 Å². The quantitative estimate of drug-likeness (QED) is 0.881. The Morgan fingerprint density at radius 3 is 2.79 bits per heavy atom. The van der Waals surface area contributed by atoms with E-state index in [4.69, 9.17) is 10.5 Å². The molecule has 1 aromatic heterocycles. The van der Waals surface area contributed by atoms with Gasteiger partial charge in [0, 0.05) is 6.20 Å². The van der Waals surface area contributed by atoms with Crippen LogP contribution in [-0.4, -0.2) is 17.5 Å². The zero-order valence-corrected chi connectivity index (χ0v) is 10.6. The number of amides is 1. The number of carbonyl (C=O) groups excluding carboxylic acids is 1. The highest BCUT2D eigenvalue weighted by molar-refractivity contribution is 6.04. The first-order valence-electron chi connectivity index (χ1n) is 5.95. The highest BCUT2D eigenvalue weighted by Gasteiger charge is 2.09. The summed E-state index contributed by atoms with van der Waals surface area (Å²) in [5.41, 5.74) is 6.56. The first kappa shape index (κ1) is 12.9. The summed E-state index contributed by atoms with van der Waals surface area (Å²) in [5, 5.41) is 2.79. The Morgan fingerprint density at radius 1 is 1.32 bits per heavy atom. The van der Waals surface area contributed by atoms with Gasteiger partial charge in [0.15, 0.2) is 0 Å². The molecule has 5 heteroatoms. The number of nitrogens with two attached hydrogens (primary N) is 1. The van der Waals surface area contributed by atoms with Gasteiger partial charge in [-0.05, 0) is 31.2 Å². The minimum absolute atomic E-state index is 0.250. The molecule has 0 aliphatic heterocycles. The lowest BCUT2D eigenvalue weighted by Crippen LogP contribution is -2.13. The van der Waals surface area contributed by atoms with Crippen LogP contribution in [0.4, 0.5) is 11.5 Å². The van der Waals surface area contributed by atoms with Crippen molar-refractivity contribution in [3.05, 3.63) is 48.2 Å². The maximum Gasteiger partial charge on any atom is 0.257 e. The van der Waals surface area contributed by atoms with Crippen molar-refractivity contribution < 1.29 is 9.53 Å². The van der Waals surface area contributed by atoms with Crippen LogP contribution in [0, 0.1) is 0 Å². The van der Waals surface area contributed by atoms with Gasteiger partial charge >= 0.3 is 0 Å².